The lowest BCUT2D eigenvalue weighted by atomic mass is 10.2. The van der Waals surface area contributed by atoms with Crippen LogP contribution in [-0.4, -0.2) is 20.8 Å². The Labute approximate surface area is 96.7 Å². The van der Waals surface area contributed by atoms with Gasteiger partial charge in [-0.25, -0.2) is 0 Å². The average Bonchev–Trinajstić information content (AvgIpc) is 2.17. The fourth-order valence-corrected chi connectivity index (χ4v) is 1.79. The standard InChI is InChI=1S/C9H10BrF2O2P/c1-3-7(2)4-5-8(6-10)9(11,12)15(13)14/h1,4-5,13-14H,6H2,2H3/b7-4-,8-5+. The Morgan fingerprint density at radius 2 is 2.07 bits per heavy atom. The van der Waals surface area contributed by atoms with E-state index in [-0.39, 0.29) is 5.33 Å². The number of hydrogen-bond acceptors (Lipinski definition) is 2. The predicted octanol–water partition coefficient (Wildman–Crippen LogP) is 2.78. The van der Waals surface area contributed by atoms with E-state index in [2.05, 4.69) is 21.9 Å². The molecule has 0 heterocycles. The van der Waals surface area contributed by atoms with Crippen LogP contribution in [0.25, 0.3) is 0 Å². The molecule has 2 N–H and O–H groups in total. The first-order valence-corrected chi connectivity index (χ1v) is 6.19. The highest BCUT2D eigenvalue weighted by atomic mass is 79.9. The molecule has 0 aromatic heterocycles. The number of alkyl halides is 3. The number of rotatable bonds is 4. The quantitative estimate of drug-likeness (QED) is 0.363. The molecule has 0 saturated carbocycles. The fraction of sp³-hybridized carbons (Fsp3) is 0.333. The van der Waals surface area contributed by atoms with Gasteiger partial charge in [0.05, 0.1) is 0 Å². The maximum atomic E-state index is 13.1. The second-order valence-corrected chi connectivity index (χ2v) is 4.35. The molecule has 6 heteroatoms. The molecule has 0 amide bonds. The average molecular weight is 299 g/mol. The van der Waals surface area contributed by atoms with Gasteiger partial charge in [0.2, 0.25) is 8.38 Å². The summed E-state index contributed by atoms with van der Waals surface area (Å²) >= 11 is 2.85. The van der Waals surface area contributed by atoms with Crippen molar-refractivity contribution in [1.82, 2.24) is 0 Å². The van der Waals surface area contributed by atoms with Gasteiger partial charge in [-0.2, -0.15) is 8.78 Å². The number of allylic oxidation sites excluding steroid dienone is 4. The Balaban J connectivity index is 5.02. The van der Waals surface area contributed by atoms with Gasteiger partial charge in [-0.05, 0) is 12.5 Å². The normalized spacial score (nSPS) is 14.3. The topological polar surface area (TPSA) is 40.5 Å². The largest absolute Gasteiger partial charge is 0.346 e. The highest BCUT2D eigenvalue weighted by molar-refractivity contribution is 9.09. The summed E-state index contributed by atoms with van der Waals surface area (Å²) in [7, 11) is -3.34. The molecule has 15 heavy (non-hydrogen) atoms. The first kappa shape index (κ1) is 14.7. The summed E-state index contributed by atoms with van der Waals surface area (Å²) in [6, 6.07) is 0. The Hall–Kier alpha value is -0.270. The Morgan fingerprint density at radius 1 is 1.53 bits per heavy atom. The van der Waals surface area contributed by atoms with Crippen molar-refractivity contribution in [2.75, 3.05) is 5.33 Å². The SMILES string of the molecule is C#C/C(C)=C\C=C(/CBr)C(F)(F)P(O)O. The highest BCUT2D eigenvalue weighted by Gasteiger charge is 2.42. The van der Waals surface area contributed by atoms with E-state index in [0.717, 1.165) is 6.08 Å². The number of terminal acetylenes is 1. The van der Waals surface area contributed by atoms with Crippen LogP contribution in [0, 0.1) is 12.3 Å². The van der Waals surface area contributed by atoms with Crippen molar-refractivity contribution in [3.05, 3.63) is 23.3 Å². The maximum absolute atomic E-state index is 13.1. The molecule has 0 unspecified atom stereocenters. The summed E-state index contributed by atoms with van der Waals surface area (Å²) in [5.74, 6) is 2.26. The second kappa shape index (κ2) is 6.34. The van der Waals surface area contributed by atoms with Gasteiger partial charge < -0.3 is 9.79 Å². The van der Waals surface area contributed by atoms with Gasteiger partial charge in [-0.1, -0.05) is 34.0 Å². The molecule has 0 aromatic rings. The highest BCUT2D eigenvalue weighted by Crippen LogP contribution is 2.50. The van der Waals surface area contributed by atoms with Crippen molar-refractivity contribution in [3.63, 3.8) is 0 Å². The molecular formula is C9H10BrF2O2P. The Bertz CT molecular complexity index is 319. The van der Waals surface area contributed by atoms with Gasteiger partial charge in [-0.3, -0.25) is 0 Å². The summed E-state index contributed by atoms with van der Waals surface area (Å²) in [4.78, 5) is 17.1. The van der Waals surface area contributed by atoms with Crippen molar-refractivity contribution >= 4 is 24.3 Å². The molecule has 0 bridgehead atoms. The maximum Gasteiger partial charge on any atom is 0.336 e. The van der Waals surface area contributed by atoms with Crippen LogP contribution in [-0.2, 0) is 0 Å². The number of hydrogen-bond donors (Lipinski definition) is 2. The third-order valence-electron chi connectivity index (χ3n) is 1.54. The zero-order valence-electron chi connectivity index (χ0n) is 7.91. The number of halogens is 3. The molecule has 0 spiro atoms. The van der Waals surface area contributed by atoms with Crippen molar-refractivity contribution in [2.24, 2.45) is 0 Å². The predicted molar refractivity (Wildman–Crippen MR) is 60.8 cm³/mol. The van der Waals surface area contributed by atoms with E-state index >= 15 is 0 Å². The lowest BCUT2D eigenvalue weighted by molar-refractivity contribution is 0.115. The van der Waals surface area contributed by atoms with E-state index in [1.807, 2.05) is 0 Å². The van der Waals surface area contributed by atoms with Crippen LogP contribution >= 0.6 is 24.3 Å². The molecule has 0 aromatic carbocycles. The molecule has 0 aliphatic rings. The second-order valence-electron chi connectivity index (χ2n) is 2.65. The lowest BCUT2D eigenvalue weighted by Crippen LogP contribution is -2.17. The molecule has 0 saturated heterocycles. The van der Waals surface area contributed by atoms with Crippen LogP contribution < -0.4 is 0 Å². The molecule has 2 nitrogen and oxygen atoms in total. The van der Waals surface area contributed by atoms with Gasteiger partial charge in [0.1, 0.15) is 0 Å². The van der Waals surface area contributed by atoms with Gasteiger partial charge in [0.15, 0.2) is 0 Å². The fourth-order valence-electron chi connectivity index (χ4n) is 0.627. The molecule has 0 radical (unpaired) electrons. The van der Waals surface area contributed by atoms with E-state index < -0.39 is 19.6 Å². The van der Waals surface area contributed by atoms with Crippen LogP contribution in [0.3, 0.4) is 0 Å². The van der Waals surface area contributed by atoms with Crippen LogP contribution in [0.2, 0.25) is 0 Å². The van der Waals surface area contributed by atoms with Gasteiger partial charge >= 0.3 is 5.66 Å². The van der Waals surface area contributed by atoms with Gasteiger partial charge in [-0.15, -0.1) is 6.42 Å². The Morgan fingerprint density at radius 3 is 2.40 bits per heavy atom. The lowest BCUT2D eigenvalue weighted by Gasteiger charge is -2.18. The van der Waals surface area contributed by atoms with Crippen LogP contribution in [0.5, 0.6) is 0 Å². The van der Waals surface area contributed by atoms with E-state index in [1.54, 1.807) is 6.92 Å². The molecular weight excluding hydrogens is 289 g/mol. The van der Waals surface area contributed by atoms with Crippen LogP contribution in [0.1, 0.15) is 6.92 Å². The minimum absolute atomic E-state index is 0.158. The summed E-state index contributed by atoms with van der Waals surface area (Å²) in [5.41, 5.74) is -3.57. The summed E-state index contributed by atoms with van der Waals surface area (Å²) in [5, 5.41) is -0.158. The zero-order chi connectivity index (χ0) is 12.1. The Kier molecular flexibility index (Phi) is 6.23. The van der Waals surface area contributed by atoms with Crippen LogP contribution in [0.15, 0.2) is 23.3 Å². The summed E-state index contributed by atoms with van der Waals surface area (Å²) < 4.78 is 26.2. The molecule has 0 aliphatic carbocycles. The summed E-state index contributed by atoms with van der Waals surface area (Å²) in [6.45, 7) is 1.58. The van der Waals surface area contributed by atoms with Gasteiger partial charge in [0.25, 0.3) is 0 Å². The van der Waals surface area contributed by atoms with E-state index in [1.165, 1.54) is 6.08 Å². The summed E-state index contributed by atoms with van der Waals surface area (Å²) in [6.07, 6.45) is 7.44. The molecule has 84 valence electrons. The van der Waals surface area contributed by atoms with Gasteiger partial charge in [0, 0.05) is 10.9 Å². The van der Waals surface area contributed by atoms with Crippen molar-refractivity contribution < 1.29 is 18.6 Å². The zero-order valence-corrected chi connectivity index (χ0v) is 10.4. The minimum atomic E-state index is -3.62. The monoisotopic (exact) mass is 298 g/mol. The third-order valence-corrected chi connectivity index (χ3v) is 2.94. The van der Waals surface area contributed by atoms with Crippen LogP contribution in [0.4, 0.5) is 8.78 Å². The van der Waals surface area contributed by atoms with E-state index in [9.17, 15) is 8.78 Å². The molecule has 0 fully saturated rings. The first-order chi connectivity index (χ1) is 6.86. The van der Waals surface area contributed by atoms with Crippen molar-refractivity contribution in [3.8, 4) is 12.3 Å². The first-order valence-electron chi connectivity index (χ1n) is 3.82. The van der Waals surface area contributed by atoms with Crippen molar-refractivity contribution in [2.45, 2.75) is 12.6 Å². The minimum Gasteiger partial charge on any atom is -0.346 e. The smallest absolute Gasteiger partial charge is 0.336 e. The third kappa shape index (κ3) is 4.40. The van der Waals surface area contributed by atoms with E-state index in [0.29, 0.717) is 5.57 Å². The molecule has 0 atom stereocenters. The van der Waals surface area contributed by atoms with Crippen molar-refractivity contribution in [1.29, 1.82) is 0 Å². The molecule has 0 aliphatic heterocycles. The molecule has 0 rings (SSSR count). The van der Waals surface area contributed by atoms with E-state index in [4.69, 9.17) is 16.2 Å².